The van der Waals surface area contributed by atoms with E-state index in [2.05, 4.69) is 6.92 Å². The van der Waals surface area contributed by atoms with Gasteiger partial charge in [-0.25, -0.2) is 8.42 Å². The molecular weight excluding hydrogens is 360 g/mol. The van der Waals surface area contributed by atoms with Crippen LogP contribution in [0.3, 0.4) is 0 Å². The van der Waals surface area contributed by atoms with E-state index in [4.69, 9.17) is 11.6 Å². The lowest BCUT2D eigenvalue weighted by molar-refractivity contribution is -0.135. The summed E-state index contributed by atoms with van der Waals surface area (Å²) in [5.41, 5.74) is 0.741. The first-order chi connectivity index (χ1) is 11.8. The van der Waals surface area contributed by atoms with Crippen LogP contribution in [-0.4, -0.2) is 50.2 Å². The van der Waals surface area contributed by atoms with E-state index in [1.165, 1.54) is 4.31 Å². The lowest BCUT2D eigenvalue weighted by Gasteiger charge is -2.32. The van der Waals surface area contributed by atoms with Gasteiger partial charge < -0.3 is 4.90 Å². The Labute approximate surface area is 156 Å². The number of carbonyl (C=O) groups excluding carboxylic acids is 1. The number of amides is 1. The third kappa shape index (κ3) is 4.74. The predicted octanol–water partition coefficient (Wildman–Crippen LogP) is 3.31. The Morgan fingerprint density at radius 3 is 2.52 bits per heavy atom. The van der Waals surface area contributed by atoms with Crippen LogP contribution in [0.25, 0.3) is 0 Å². The van der Waals surface area contributed by atoms with Crippen LogP contribution in [0.4, 0.5) is 0 Å². The van der Waals surface area contributed by atoms with E-state index in [9.17, 15) is 13.2 Å². The molecule has 0 saturated carbocycles. The summed E-state index contributed by atoms with van der Waals surface area (Å²) in [6.45, 7) is 5.40. The molecule has 0 bridgehead atoms. The first kappa shape index (κ1) is 20.2. The molecule has 0 radical (unpaired) electrons. The van der Waals surface area contributed by atoms with Crippen molar-refractivity contribution < 1.29 is 13.2 Å². The second kappa shape index (κ2) is 8.52. The third-order valence-corrected chi connectivity index (χ3v) is 7.11. The zero-order chi connectivity index (χ0) is 18.6. The minimum absolute atomic E-state index is 0.0831. The van der Waals surface area contributed by atoms with Crippen LogP contribution in [-0.2, 0) is 14.8 Å². The molecule has 2 rings (SSSR count). The van der Waals surface area contributed by atoms with Crippen molar-refractivity contribution in [2.75, 3.05) is 26.7 Å². The van der Waals surface area contributed by atoms with E-state index < -0.39 is 10.0 Å². The summed E-state index contributed by atoms with van der Waals surface area (Å²) in [5.74, 6) is 0.0492. The van der Waals surface area contributed by atoms with Crippen molar-refractivity contribution in [3.05, 3.63) is 28.8 Å². The summed E-state index contributed by atoms with van der Waals surface area (Å²) in [5, 5.41) is 0.554. The molecule has 1 fully saturated rings. The molecule has 1 saturated heterocycles. The van der Waals surface area contributed by atoms with E-state index >= 15 is 0 Å². The Kier molecular flexibility index (Phi) is 6.88. The second-order valence-electron chi connectivity index (χ2n) is 6.70. The lowest BCUT2D eigenvalue weighted by atomic mass is 9.96. The average Bonchev–Trinajstić information content (AvgIpc) is 2.61. The van der Waals surface area contributed by atoms with Gasteiger partial charge in [-0.3, -0.25) is 4.79 Å². The Balaban J connectivity index is 2.01. The molecule has 1 aliphatic rings. The Morgan fingerprint density at radius 1 is 1.32 bits per heavy atom. The van der Waals surface area contributed by atoms with Crippen LogP contribution >= 0.6 is 11.6 Å². The minimum atomic E-state index is -3.54. The van der Waals surface area contributed by atoms with Gasteiger partial charge in [0.05, 0.1) is 4.90 Å². The molecule has 0 N–H and O–H groups in total. The first-order valence-electron chi connectivity index (χ1n) is 8.78. The highest BCUT2D eigenvalue weighted by Crippen LogP contribution is 2.27. The summed E-state index contributed by atoms with van der Waals surface area (Å²) in [6, 6.07) is 4.76. The van der Waals surface area contributed by atoms with Crippen molar-refractivity contribution in [1.82, 2.24) is 9.21 Å². The zero-order valence-electron chi connectivity index (χ0n) is 15.2. The number of piperidine rings is 1. The van der Waals surface area contributed by atoms with E-state index in [-0.39, 0.29) is 16.7 Å². The standard InChI is InChI=1S/C18H27ClN2O3S/c1-4-5-10-20(3)18(22)15-8-11-21(12-9-15)25(23,24)16-6-7-17(19)14(2)13-16/h6-7,13,15H,4-5,8-12H2,1-3H3. The second-order valence-corrected chi connectivity index (χ2v) is 9.05. The minimum Gasteiger partial charge on any atom is -0.346 e. The van der Waals surface area contributed by atoms with Gasteiger partial charge in [0.2, 0.25) is 15.9 Å². The quantitative estimate of drug-likeness (QED) is 0.753. The van der Waals surface area contributed by atoms with E-state index in [1.54, 1.807) is 30.0 Å². The van der Waals surface area contributed by atoms with Crippen molar-refractivity contribution in [2.24, 2.45) is 5.92 Å². The fourth-order valence-corrected chi connectivity index (χ4v) is 4.76. The molecule has 1 aromatic rings. The molecule has 0 aromatic heterocycles. The van der Waals surface area contributed by atoms with Crippen molar-refractivity contribution in [3.63, 3.8) is 0 Å². The fourth-order valence-electron chi connectivity index (χ4n) is 3.09. The maximum absolute atomic E-state index is 12.8. The fraction of sp³-hybridized carbons (Fsp3) is 0.611. The van der Waals surface area contributed by atoms with Crippen LogP contribution < -0.4 is 0 Å². The molecule has 0 unspecified atom stereocenters. The van der Waals surface area contributed by atoms with Gasteiger partial charge in [-0.2, -0.15) is 4.31 Å². The van der Waals surface area contributed by atoms with Gasteiger partial charge in [-0.05, 0) is 49.9 Å². The molecule has 140 valence electrons. The molecule has 1 heterocycles. The highest BCUT2D eigenvalue weighted by Gasteiger charge is 2.33. The molecule has 0 atom stereocenters. The van der Waals surface area contributed by atoms with Crippen molar-refractivity contribution >= 4 is 27.5 Å². The molecular formula is C18H27ClN2O3S. The maximum Gasteiger partial charge on any atom is 0.243 e. The largest absolute Gasteiger partial charge is 0.346 e. The molecule has 1 amide bonds. The Bertz CT molecular complexity index is 713. The highest BCUT2D eigenvalue weighted by atomic mass is 35.5. The number of halogens is 1. The summed E-state index contributed by atoms with van der Waals surface area (Å²) in [4.78, 5) is 14.5. The molecule has 1 aliphatic heterocycles. The van der Waals surface area contributed by atoms with Crippen LogP contribution in [0.15, 0.2) is 23.1 Å². The van der Waals surface area contributed by atoms with Crippen LogP contribution in [0.1, 0.15) is 38.2 Å². The monoisotopic (exact) mass is 386 g/mol. The number of carbonyl (C=O) groups is 1. The summed E-state index contributed by atoms with van der Waals surface area (Å²) in [6.07, 6.45) is 3.18. The number of rotatable bonds is 6. The van der Waals surface area contributed by atoms with Crippen molar-refractivity contribution in [1.29, 1.82) is 0 Å². The number of benzene rings is 1. The number of hydrogen-bond acceptors (Lipinski definition) is 3. The SMILES string of the molecule is CCCCN(C)C(=O)C1CCN(S(=O)(=O)c2ccc(Cl)c(C)c2)CC1. The normalized spacial score (nSPS) is 16.8. The number of aryl methyl sites for hydroxylation is 1. The van der Waals surface area contributed by atoms with Crippen molar-refractivity contribution in [3.8, 4) is 0 Å². The van der Waals surface area contributed by atoms with E-state index in [0.717, 1.165) is 24.9 Å². The molecule has 7 heteroatoms. The average molecular weight is 387 g/mol. The molecule has 0 aliphatic carbocycles. The van der Waals surface area contributed by atoms with Crippen LogP contribution in [0.5, 0.6) is 0 Å². The summed E-state index contributed by atoms with van der Waals surface area (Å²) in [7, 11) is -1.70. The smallest absolute Gasteiger partial charge is 0.243 e. The van der Waals surface area contributed by atoms with Gasteiger partial charge in [0, 0.05) is 37.6 Å². The van der Waals surface area contributed by atoms with Gasteiger partial charge in [-0.15, -0.1) is 0 Å². The number of unbranched alkanes of at least 4 members (excludes halogenated alkanes) is 1. The first-order valence-corrected chi connectivity index (χ1v) is 10.6. The predicted molar refractivity (Wildman–Crippen MR) is 100 cm³/mol. The Morgan fingerprint density at radius 2 is 1.96 bits per heavy atom. The third-order valence-electron chi connectivity index (χ3n) is 4.79. The maximum atomic E-state index is 12.8. The number of sulfonamides is 1. The summed E-state index contributed by atoms with van der Waals surface area (Å²) < 4.78 is 27.1. The lowest BCUT2D eigenvalue weighted by Crippen LogP contribution is -2.43. The van der Waals surface area contributed by atoms with Gasteiger partial charge >= 0.3 is 0 Å². The van der Waals surface area contributed by atoms with E-state index in [0.29, 0.717) is 31.0 Å². The topological polar surface area (TPSA) is 57.7 Å². The van der Waals surface area contributed by atoms with Crippen LogP contribution in [0, 0.1) is 12.8 Å². The van der Waals surface area contributed by atoms with Crippen LogP contribution in [0.2, 0.25) is 5.02 Å². The molecule has 0 spiro atoms. The zero-order valence-corrected chi connectivity index (χ0v) is 16.7. The van der Waals surface area contributed by atoms with Crippen molar-refractivity contribution in [2.45, 2.75) is 44.4 Å². The van der Waals surface area contributed by atoms with E-state index in [1.807, 2.05) is 7.05 Å². The highest BCUT2D eigenvalue weighted by molar-refractivity contribution is 7.89. The Hall–Kier alpha value is -1.11. The number of hydrogen-bond donors (Lipinski definition) is 0. The molecule has 5 nitrogen and oxygen atoms in total. The molecule has 25 heavy (non-hydrogen) atoms. The number of nitrogens with zero attached hydrogens (tertiary/aromatic N) is 2. The summed E-state index contributed by atoms with van der Waals surface area (Å²) >= 11 is 5.99. The van der Waals surface area contributed by atoms with Gasteiger partial charge in [0.15, 0.2) is 0 Å². The molecule has 1 aromatic carbocycles. The van der Waals surface area contributed by atoms with Gasteiger partial charge in [0.25, 0.3) is 0 Å². The van der Waals surface area contributed by atoms with Gasteiger partial charge in [-0.1, -0.05) is 24.9 Å². The van der Waals surface area contributed by atoms with Gasteiger partial charge in [0.1, 0.15) is 0 Å².